The number of fused-ring (bicyclic) bond motifs is 1. The number of thiophene rings is 1. The van der Waals surface area contributed by atoms with E-state index in [0.29, 0.717) is 19.4 Å². The summed E-state index contributed by atoms with van der Waals surface area (Å²) in [7, 11) is 0. The minimum absolute atomic E-state index is 0.0434. The summed E-state index contributed by atoms with van der Waals surface area (Å²) in [6.07, 6.45) is 1.97. The second-order valence-electron chi connectivity index (χ2n) is 6.69. The summed E-state index contributed by atoms with van der Waals surface area (Å²) < 4.78 is 0. The number of carboxylic acids is 1. The maximum atomic E-state index is 12.9. The van der Waals surface area contributed by atoms with Crippen molar-refractivity contribution in [3.8, 4) is 0 Å². The van der Waals surface area contributed by atoms with Crippen LogP contribution in [0, 0.1) is 0 Å². The van der Waals surface area contributed by atoms with E-state index in [1.807, 2.05) is 42.2 Å². The number of hydrogen-bond acceptors (Lipinski definition) is 3. The third kappa shape index (κ3) is 4.43. The molecule has 26 heavy (non-hydrogen) atoms. The van der Waals surface area contributed by atoms with Crippen LogP contribution < -0.4 is 5.32 Å². The summed E-state index contributed by atoms with van der Waals surface area (Å²) in [5, 5.41) is 14.2. The van der Waals surface area contributed by atoms with E-state index in [9.17, 15) is 9.59 Å². The highest BCUT2D eigenvalue weighted by atomic mass is 32.1. The number of benzene rings is 1. The van der Waals surface area contributed by atoms with Gasteiger partial charge in [0.1, 0.15) is 0 Å². The number of rotatable bonds is 6. The number of carbonyl (C=O) groups excluding carboxylic acids is 1. The number of carboxylic acid groups (broad SMARTS) is 1. The summed E-state index contributed by atoms with van der Waals surface area (Å²) in [6.45, 7) is 2.74. The summed E-state index contributed by atoms with van der Waals surface area (Å²) >= 11 is 1.75. The Morgan fingerprint density at radius 2 is 2.08 bits per heavy atom. The van der Waals surface area contributed by atoms with Crippen LogP contribution in [0.1, 0.15) is 41.8 Å². The molecule has 2 unspecified atom stereocenters. The number of carbonyl (C=O) groups is 2. The number of aliphatic carboxylic acids is 1. The first kappa shape index (κ1) is 18.5. The highest BCUT2D eigenvalue weighted by molar-refractivity contribution is 7.10. The minimum Gasteiger partial charge on any atom is -0.481 e. The zero-order valence-electron chi connectivity index (χ0n) is 14.9. The molecule has 6 heteroatoms. The van der Waals surface area contributed by atoms with Gasteiger partial charge in [0.15, 0.2) is 0 Å². The Hall–Kier alpha value is -2.34. The number of nitrogens with zero attached hydrogens (tertiary/aromatic N) is 1. The standard InChI is InChI=1S/C20H24N2O3S/c1-14-17-10-12-26-18(17)9-11-22(14)20(25)21-16(7-8-19(23)24)13-15-5-3-2-4-6-15/h2-6,10,12,14,16H,7-9,11,13H2,1H3,(H,21,25)(H,23,24). The number of amides is 2. The van der Waals surface area contributed by atoms with Crippen molar-refractivity contribution < 1.29 is 14.7 Å². The van der Waals surface area contributed by atoms with Crippen LogP contribution in [0.2, 0.25) is 0 Å². The number of hydrogen-bond donors (Lipinski definition) is 2. The Labute approximate surface area is 157 Å². The van der Waals surface area contributed by atoms with Crippen molar-refractivity contribution in [2.45, 2.75) is 44.7 Å². The molecule has 0 aliphatic carbocycles. The predicted octanol–water partition coefficient (Wildman–Crippen LogP) is 3.85. The highest BCUT2D eigenvalue weighted by Crippen LogP contribution is 2.32. The normalized spacial score (nSPS) is 17.4. The quantitative estimate of drug-likeness (QED) is 0.809. The number of nitrogens with one attached hydrogen (secondary N) is 1. The van der Waals surface area contributed by atoms with Crippen molar-refractivity contribution in [3.05, 3.63) is 57.8 Å². The molecule has 1 aromatic heterocycles. The monoisotopic (exact) mass is 372 g/mol. The SMILES string of the molecule is CC1c2ccsc2CCN1C(=O)NC(CCC(=O)O)Cc1ccccc1. The predicted molar refractivity (Wildman–Crippen MR) is 102 cm³/mol. The lowest BCUT2D eigenvalue weighted by Crippen LogP contribution is -2.48. The van der Waals surface area contributed by atoms with E-state index in [1.165, 1.54) is 10.4 Å². The van der Waals surface area contributed by atoms with Gasteiger partial charge >= 0.3 is 12.0 Å². The van der Waals surface area contributed by atoms with Gasteiger partial charge in [0.25, 0.3) is 0 Å². The van der Waals surface area contributed by atoms with Crippen LogP contribution in [0.5, 0.6) is 0 Å². The van der Waals surface area contributed by atoms with Crippen molar-refractivity contribution in [2.75, 3.05) is 6.54 Å². The van der Waals surface area contributed by atoms with Gasteiger partial charge in [0.05, 0.1) is 6.04 Å². The van der Waals surface area contributed by atoms with E-state index >= 15 is 0 Å². The van der Waals surface area contributed by atoms with E-state index in [-0.39, 0.29) is 24.5 Å². The minimum atomic E-state index is -0.841. The molecule has 2 atom stereocenters. The lowest BCUT2D eigenvalue weighted by molar-refractivity contribution is -0.137. The Morgan fingerprint density at radius 1 is 1.31 bits per heavy atom. The topological polar surface area (TPSA) is 69.6 Å². The molecule has 0 fully saturated rings. The van der Waals surface area contributed by atoms with Gasteiger partial charge in [-0.2, -0.15) is 0 Å². The molecule has 1 aliphatic heterocycles. The molecule has 0 saturated heterocycles. The first-order valence-electron chi connectivity index (χ1n) is 8.93. The second kappa shape index (κ2) is 8.36. The van der Waals surface area contributed by atoms with Gasteiger partial charge in [0, 0.05) is 23.9 Å². The fourth-order valence-corrected chi connectivity index (χ4v) is 4.43. The van der Waals surface area contributed by atoms with Crippen LogP contribution >= 0.6 is 11.3 Å². The molecule has 0 bridgehead atoms. The van der Waals surface area contributed by atoms with Gasteiger partial charge < -0.3 is 15.3 Å². The lowest BCUT2D eigenvalue weighted by Gasteiger charge is -2.35. The van der Waals surface area contributed by atoms with Gasteiger partial charge in [-0.1, -0.05) is 30.3 Å². The van der Waals surface area contributed by atoms with E-state index < -0.39 is 5.97 Å². The van der Waals surface area contributed by atoms with Crippen LogP contribution in [-0.4, -0.2) is 34.6 Å². The average Bonchev–Trinajstić information content (AvgIpc) is 3.10. The molecule has 1 aliphatic rings. The fourth-order valence-electron chi connectivity index (χ4n) is 3.47. The zero-order chi connectivity index (χ0) is 18.5. The Bertz CT molecular complexity index is 759. The summed E-state index contributed by atoms with van der Waals surface area (Å²) in [6, 6.07) is 11.7. The molecule has 2 amide bonds. The van der Waals surface area contributed by atoms with Crippen LogP contribution in [0.25, 0.3) is 0 Å². The van der Waals surface area contributed by atoms with Crippen molar-refractivity contribution >= 4 is 23.3 Å². The third-order valence-corrected chi connectivity index (χ3v) is 5.89. The summed E-state index contributed by atoms with van der Waals surface area (Å²) in [5.74, 6) is -0.841. The van der Waals surface area contributed by atoms with Gasteiger partial charge in [-0.25, -0.2) is 4.79 Å². The smallest absolute Gasteiger partial charge is 0.318 e. The largest absolute Gasteiger partial charge is 0.481 e. The molecule has 3 rings (SSSR count). The maximum absolute atomic E-state index is 12.9. The van der Waals surface area contributed by atoms with E-state index in [4.69, 9.17) is 5.11 Å². The van der Waals surface area contributed by atoms with E-state index in [0.717, 1.165) is 12.0 Å². The fraction of sp³-hybridized carbons (Fsp3) is 0.400. The summed E-state index contributed by atoms with van der Waals surface area (Å²) in [4.78, 5) is 27.0. The first-order valence-corrected chi connectivity index (χ1v) is 9.81. The second-order valence-corrected chi connectivity index (χ2v) is 7.69. The molecule has 5 nitrogen and oxygen atoms in total. The molecule has 1 aromatic carbocycles. The first-order chi connectivity index (χ1) is 12.5. The van der Waals surface area contributed by atoms with Gasteiger partial charge in [-0.15, -0.1) is 11.3 Å². The number of urea groups is 1. The van der Waals surface area contributed by atoms with Gasteiger partial charge in [0.2, 0.25) is 0 Å². The molecule has 2 N–H and O–H groups in total. The maximum Gasteiger partial charge on any atom is 0.318 e. The Balaban J connectivity index is 1.67. The van der Waals surface area contributed by atoms with Crippen molar-refractivity contribution in [2.24, 2.45) is 0 Å². The third-order valence-electron chi connectivity index (χ3n) is 4.90. The molecule has 0 saturated carbocycles. The molecule has 2 heterocycles. The van der Waals surface area contributed by atoms with Crippen molar-refractivity contribution in [3.63, 3.8) is 0 Å². The van der Waals surface area contributed by atoms with E-state index in [1.54, 1.807) is 11.3 Å². The van der Waals surface area contributed by atoms with Crippen molar-refractivity contribution in [1.29, 1.82) is 0 Å². The molecular weight excluding hydrogens is 348 g/mol. The molecule has 0 spiro atoms. The van der Waals surface area contributed by atoms with Crippen molar-refractivity contribution in [1.82, 2.24) is 10.2 Å². The van der Waals surface area contributed by atoms with Gasteiger partial charge in [-0.05, 0) is 48.8 Å². The Morgan fingerprint density at radius 3 is 2.81 bits per heavy atom. The zero-order valence-corrected chi connectivity index (χ0v) is 15.7. The molecular formula is C20H24N2O3S. The molecule has 138 valence electrons. The Kier molecular flexibility index (Phi) is 5.93. The molecule has 0 radical (unpaired) electrons. The average molecular weight is 372 g/mol. The van der Waals surface area contributed by atoms with Crippen LogP contribution in [0.3, 0.4) is 0 Å². The van der Waals surface area contributed by atoms with E-state index in [2.05, 4.69) is 16.8 Å². The van der Waals surface area contributed by atoms with Crippen LogP contribution in [-0.2, 0) is 17.6 Å². The van der Waals surface area contributed by atoms with Gasteiger partial charge in [-0.3, -0.25) is 4.79 Å². The summed E-state index contributed by atoms with van der Waals surface area (Å²) in [5.41, 5.74) is 2.32. The molecule has 2 aromatic rings. The van der Waals surface area contributed by atoms with Crippen LogP contribution in [0.4, 0.5) is 4.79 Å². The lowest BCUT2D eigenvalue weighted by atomic mass is 10.0. The highest BCUT2D eigenvalue weighted by Gasteiger charge is 2.29. The van der Waals surface area contributed by atoms with Crippen LogP contribution in [0.15, 0.2) is 41.8 Å².